The average molecular weight is 405 g/mol. The van der Waals surface area contributed by atoms with E-state index in [4.69, 9.17) is 9.47 Å². The van der Waals surface area contributed by atoms with E-state index in [-0.39, 0.29) is 18.2 Å². The first-order chi connectivity index (χ1) is 14.6. The molecule has 30 heavy (non-hydrogen) atoms. The Kier molecular flexibility index (Phi) is 4.12. The van der Waals surface area contributed by atoms with Gasteiger partial charge < -0.3 is 14.8 Å². The Hall–Kier alpha value is -3.95. The molecule has 0 unspecified atom stereocenters. The van der Waals surface area contributed by atoms with Crippen molar-refractivity contribution in [2.24, 2.45) is 0 Å². The number of hydrogen-bond donors (Lipinski definition) is 1. The van der Waals surface area contributed by atoms with Gasteiger partial charge in [0.05, 0.1) is 19.9 Å². The molecule has 1 aliphatic heterocycles. The number of benzene rings is 1. The number of methoxy groups -OCH3 is 2. The lowest BCUT2D eigenvalue weighted by Gasteiger charge is -2.26. The number of aryl methyl sites for hydroxylation is 1. The number of nitrogens with zero attached hydrogens (tertiary/aromatic N) is 6. The maximum Gasteiger partial charge on any atom is 0.226 e. The predicted molar refractivity (Wildman–Crippen MR) is 107 cm³/mol. The number of ether oxygens (including phenoxy) is 2. The van der Waals surface area contributed by atoms with Crippen molar-refractivity contribution in [2.45, 2.75) is 19.3 Å². The highest BCUT2D eigenvalue weighted by molar-refractivity contribution is 5.95. The molecule has 3 aromatic heterocycles. The van der Waals surface area contributed by atoms with Crippen molar-refractivity contribution in [3.63, 3.8) is 0 Å². The van der Waals surface area contributed by atoms with Crippen LogP contribution in [-0.2, 0) is 4.79 Å². The van der Waals surface area contributed by atoms with Crippen LogP contribution in [0.3, 0.4) is 0 Å². The van der Waals surface area contributed by atoms with Gasteiger partial charge in [-0.3, -0.25) is 4.79 Å². The molecule has 0 bridgehead atoms. The Labute approximate surface area is 171 Å². The van der Waals surface area contributed by atoms with E-state index in [0.29, 0.717) is 28.8 Å². The Morgan fingerprint density at radius 3 is 2.80 bits per heavy atom. The molecule has 0 aliphatic carbocycles. The summed E-state index contributed by atoms with van der Waals surface area (Å²) in [6.45, 7) is 1.92. The molecule has 5 rings (SSSR count). The smallest absolute Gasteiger partial charge is 0.226 e. The fourth-order valence-corrected chi connectivity index (χ4v) is 4.00. The molecule has 1 amide bonds. The molecule has 152 valence electrons. The van der Waals surface area contributed by atoms with Gasteiger partial charge in [-0.2, -0.15) is 14.3 Å². The standard InChI is InChI=1S/C20H19N7O3/c1-11-18-13(12-5-4-6-14(29-2)19(12)30-3)9-17(28)22-20(18)27(24-11)16-8-7-15-23-21-10-26(15)25-16/h4-8,10,13H,9H2,1-3H3,(H,22,28)/t13-/m1/s1. The second-order valence-corrected chi connectivity index (χ2v) is 6.97. The summed E-state index contributed by atoms with van der Waals surface area (Å²) < 4.78 is 14.3. The van der Waals surface area contributed by atoms with Gasteiger partial charge in [0.2, 0.25) is 5.91 Å². The monoisotopic (exact) mass is 405 g/mol. The van der Waals surface area contributed by atoms with Crippen LogP contribution in [0.1, 0.15) is 29.2 Å². The number of para-hydroxylation sites is 1. The van der Waals surface area contributed by atoms with E-state index in [9.17, 15) is 4.79 Å². The summed E-state index contributed by atoms with van der Waals surface area (Å²) in [7, 11) is 3.19. The third-order valence-electron chi connectivity index (χ3n) is 5.28. The molecule has 0 spiro atoms. The van der Waals surface area contributed by atoms with Gasteiger partial charge in [0.15, 0.2) is 23.0 Å². The topological polar surface area (TPSA) is 108 Å². The molecule has 0 saturated carbocycles. The van der Waals surface area contributed by atoms with Crippen LogP contribution in [0.5, 0.6) is 11.5 Å². The van der Waals surface area contributed by atoms with E-state index in [0.717, 1.165) is 16.8 Å². The molecule has 4 heterocycles. The molecule has 0 radical (unpaired) electrons. The van der Waals surface area contributed by atoms with Crippen LogP contribution < -0.4 is 14.8 Å². The van der Waals surface area contributed by atoms with Crippen molar-refractivity contribution in [1.29, 1.82) is 0 Å². The molecule has 1 atom stereocenters. The van der Waals surface area contributed by atoms with Gasteiger partial charge in [-0.1, -0.05) is 12.1 Å². The minimum Gasteiger partial charge on any atom is -0.493 e. The number of hydrogen-bond acceptors (Lipinski definition) is 7. The van der Waals surface area contributed by atoms with Crippen LogP contribution in [0, 0.1) is 6.92 Å². The lowest BCUT2D eigenvalue weighted by Crippen LogP contribution is -2.25. The number of rotatable bonds is 4. The average Bonchev–Trinajstić information content (AvgIpc) is 3.36. The van der Waals surface area contributed by atoms with Gasteiger partial charge in [0.1, 0.15) is 12.1 Å². The van der Waals surface area contributed by atoms with Gasteiger partial charge in [0, 0.05) is 23.5 Å². The van der Waals surface area contributed by atoms with Crippen LogP contribution in [-0.4, -0.2) is 49.7 Å². The van der Waals surface area contributed by atoms with E-state index in [2.05, 4.69) is 25.7 Å². The third-order valence-corrected chi connectivity index (χ3v) is 5.28. The zero-order chi connectivity index (χ0) is 20.8. The number of fused-ring (bicyclic) bond motifs is 2. The Morgan fingerprint density at radius 2 is 2.00 bits per heavy atom. The lowest BCUT2D eigenvalue weighted by atomic mass is 9.85. The van der Waals surface area contributed by atoms with Crippen LogP contribution in [0.4, 0.5) is 5.82 Å². The van der Waals surface area contributed by atoms with Crippen LogP contribution in [0.2, 0.25) is 0 Å². The number of carbonyl (C=O) groups is 1. The van der Waals surface area contributed by atoms with E-state index in [1.807, 2.05) is 25.1 Å². The number of anilines is 1. The molecule has 1 N–H and O–H groups in total. The summed E-state index contributed by atoms with van der Waals surface area (Å²) in [5.41, 5.74) is 3.22. The highest BCUT2D eigenvalue weighted by Crippen LogP contribution is 2.45. The molecule has 1 aromatic carbocycles. The molecule has 1 aliphatic rings. The summed E-state index contributed by atoms with van der Waals surface area (Å²) in [6.07, 6.45) is 1.80. The van der Waals surface area contributed by atoms with Crippen molar-refractivity contribution < 1.29 is 14.3 Å². The summed E-state index contributed by atoms with van der Waals surface area (Å²) in [4.78, 5) is 12.7. The molecular weight excluding hydrogens is 386 g/mol. The van der Waals surface area contributed by atoms with Gasteiger partial charge in [-0.05, 0) is 25.1 Å². The molecular formula is C20H19N7O3. The quantitative estimate of drug-likeness (QED) is 0.554. The molecule has 0 saturated heterocycles. The highest BCUT2D eigenvalue weighted by Gasteiger charge is 2.35. The fraction of sp³-hybridized carbons (Fsp3) is 0.250. The van der Waals surface area contributed by atoms with Crippen molar-refractivity contribution >= 4 is 17.4 Å². The lowest BCUT2D eigenvalue weighted by molar-refractivity contribution is -0.116. The highest BCUT2D eigenvalue weighted by atomic mass is 16.5. The minimum absolute atomic E-state index is 0.108. The number of aromatic nitrogens is 6. The number of carbonyl (C=O) groups excluding carboxylic acids is 1. The largest absolute Gasteiger partial charge is 0.493 e. The van der Waals surface area contributed by atoms with Crippen LogP contribution >= 0.6 is 0 Å². The van der Waals surface area contributed by atoms with Gasteiger partial charge in [-0.25, -0.2) is 0 Å². The zero-order valence-corrected chi connectivity index (χ0v) is 16.7. The van der Waals surface area contributed by atoms with Crippen molar-refractivity contribution in [3.8, 4) is 17.3 Å². The van der Waals surface area contributed by atoms with Crippen LogP contribution in [0.25, 0.3) is 11.5 Å². The first-order valence-corrected chi connectivity index (χ1v) is 9.38. The molecule has 4 aromatic rings. The summed E-state index contributed by atoms with van der Waals surface area (Å²) in [5, 5.41) is 20.0. The SMILES string of the molecule is COc1cccc([C@H]2CC(=O)Nc3c2c(C)nn3-c2ccc3nncn3n2)c1OC. The minimum atomic E-state index is -0.230. The van der Waals surface area contributed by atoms with Gasteiger partial charge in [0.25, 0.3) is 0 Å². The first kappa shape index (κ1) is 18.1. The van der Waals surface area contributed by atoms with Gasteiger partial charge in [-0.15, -0.1) is 15.3 Å². The first-order valence-electron chi connectivity index (χ1n) is 9.38. The fourth-order valence-electron chi connectivity index (χ4n) is 4.00. The predicted octanol–water partition coefficient (Wildman–Crippen LogP) is 2.11. The number of nitrogens with one attached hydrogen (secondary N) is 1. The maximum absolute atomic E-state index is 12.7. The Balaban J connectivity index is 1.69. The van der Waals surface area contributed by atoms with E-state index >= 15 is 0 Å². The molecule has 10 heteroatoms. The van der Waals surface area contributed by atoms with E-state index in [1.165, 1.54) is 6.33 Å². The second-order valence-electron chi connectivity index (χ2n) is 6.97. The second kappa shape index (κ2) is 6.83. The molecule has 10 nitrogen and oxygen atoms in total. The molecule has 0 fully saturated rings. The summed E-state index contributed by atoms with van der Waals surface area (Å²) >= 11 is 0. The zero-order valence-electron chi connectivity index (χ0n) is 16.7. The normalized spacial score (nSPS) is 15.7. The van der Waals surface area contributed by atoms with Gasteiger partial charge >= 0.3 is 0 Å². The van der Waals surface area contributed by atoms with Crippen molar-refractivity contribution in [1.82, 2.24) is 29.6 Å². The Morgan fingerprint density at radius 1 is 1.13 bits per heavy atom. The maximum atomic E-state index is 12.7. The van der Waals surface area contributed by atoms with E-state index in [1.54, 1.807) is 35.5 Å². The summed E-state index contributed by atoms with van der Waals surface area (Å²) in [5.74, 6) is 2.04. The van der Waals surface area contributed by atoms with Crippen molar-refractivity contribution in [3.05, 3.63) is 53.5 Å². The van der Waals surface area contributed by atoms with Crippen molar-refractivity contribution in [2.75, 3.05) is 19.5 Å². The Bertz CT molecular complexity index is 1280. The third kappa shape index (κ3) is 2.68. The van der Waals surface area contributed by atoms with E-state index < -0.39 is 0 Å². The number of amides is 1. The van der Waals surface area contributed by atoms with Crippen LogP contribution in [0.15, 0.2) is 36.7 Å². The summed E-state index contributed by atoms with van der Waals surface area (Å²) in [6, 6.07) is 9.27.